The van der Waals surface area contributed by atoms with Gasteiger partial charge in [-0.1, -0.05) is 37.3 Å². The first-order valence-electron chi connectivity index (χ1n) is 4.73. The molecule has 0 spiro atoms. The summed E-state index contributed by atoms with van der Waals surface area (Å²) in [4.78, 5) is 0. The molecule has 0 aliphatic rings. The van der Waals surface area contributed by atoms with E-state index in [-0.39, 0.29) is 6.04 Å². The molecule has 0 fully saturated rings. The molecule has 0 aliphatic carbocycles. The highest BCUT2D eigenvalue weighted by Gasteiger charge is 2.06. The maximum absolute atomic E-state index is 6.01. The van der Waals surface area contributed by atoms with Crippen LogP contribution >= 0.6 is 0 Å². The van der Waals surface area contributed by atoms with E-state index in [0.29, 0.717) is 0 Å². The van der Waals surface area contributed by atoms with E-state index < -0.39 is 0 Å². The molecule has 2 N–H and O–H groups in total. The maximum Gasteiger partial charge on any atom is 0.0332 e. The van der Waals surface area contributed by atoms with Gasteiger partial charge in [-0.25, -0.2) is 0 Å². The summed E-state index contributed by atoms with van der Waals surface area (Å²) in [6.45, 7) is 5.85. The Morgan fingerprint density at radius 3 is 2.77 bits per heavy atom. The van der Waals surface area contributed by atoms with E-state index in [1.54, 1.807) is 0 Å². The van der Waals surface area contributed by atoms with Gasteiger partial charge in [-0.3, -0.25) is 0 Å². The third kappa shape index (κ3) is 2.43. The van der Waals surface area contributed by atoms with Crippen molar-refractivity contribution in [2.45, 2.75) is 25.8 Å². The summed E-state index contributed by atoms with van der Waals surface area (Å²) in [7, 11) is 0. The van der Waals surface area contributed by atoms with E-state index in [4.69, 9.17) is 5.73 Å². The molecule has 1 rings (SSSR count). The Morgan fingerprint density at radius 2 is 2.15 bits per heavy atom. The molecule has 1 nitrogen and oxygen atoms in total. The minimum atomic E-state index is 0.105. The van der Waals surface area contributed by atoms with Crippen LogP contribution in [0.2, 0.25) is 0 Å². The molecule has 0 radical (unpaired) electrons. The lowest BCUT2D eigenvalue weighted by Crippen LogP contribution is -2.11. The van der Waals surface area contributed by atoms with Gasteiger partial charge in [-0.05, 0) is 24.0 Å². The number of benzene rings is 1. The van der Waals surface area contributed by atoms with Gasteiger partial charge in [0.1, 0.15) is 0 Å². The van der Waals surface area contributed by atoms with Gasteiger partial charge in [0.2, 0.25) is 0 Å². The monoisotopic (exact) mass is 175 g/mol. The number of hydrogen-bond donors (Lipinski definition) is 1. The van der Waals surface area contributed by atoms with Crippen molar-refractivity contribution >= 4 is 0 Å². The quantitative estimate of drug-likeness (QED) is 0.700. The lowest BCUT2D eigenvalue weighted by Gasteiger charge is -2.13. The second-order valence-corrected chi connectivity index (χ2v) is 3.18. The maximum atomic E-state index is 6.01. The van der Waals surface area contributed by atoms with E-state index >= 15 is 0 Å². The summed E-state index contributed by atoms with van der Waals surface area (Å²) in [6.07, 6.45) is 3.76. The topological polar surface area (TPSA) is 26.0 Å². The van der Waals surface area contributed by atoms with E-state index in [1.807, 2.05) is 12.1 Å². The molecule has 1 heteroatoms. The number of hydrogen-bond acceptors (Lipinski definition) is 1. The van der Waals surface area contributed by atoms with E-state index in [1.165, 1.54) is 11.1 Å². The molecule has 0 saturated carbocycles. The van der Waals surface area contributed by atoms with Gasteiger partial charge in [0, 0.05) is 6.04 Å². The largest absolute Gasteiger partial charge is 0.324 e. The molecular formula is C12H17N. The highest BCUT2D eigenvalue weighted by Crippen LogP contribution is 2.19. The Kier molecular flexibility index (Phi) is 3.71. The Bertz CT molecular complexity index is 278. The fourth-order valence-corrected chi connectivity index (χ4v) is 1.52. The lowest BCUT2D eigenvalue weighted by atomic mass is 9.97. The average Bonchev–Trinajstić information content (AvgIpc) is 2.18. The number of rotatable bonds is 4. The summed E-state index contributed by atoms with van der Waals surface area (Å²) in [5, 5.41) is 0. The Balaban J connectivity index is 2.91. The molecule has 0 aromatic heterocycles. The molecule has 0 bridgehead atoms. The third-order valence-corrected chi connectivity index (χ3v) is 2.26. The molecule has 0 amide bonds. The molecule has 1 aromatic rings. The first kappa shape index (κ1) is 10.0. The van der Waals surface area contributed by atoms with Crippen molar-refractivity contribution in [3.05, 3.63) is 48.0 Å². The van der Waals surface area contributed by atoms with Crippen LogP contribution < -0.4 is 5.73 Å². The van der Waals surface area contributed by atoms with Crippen LogP contribution in [0.15, 0.2) is 36.9 Å². The van der Waals surface area contributed by atoms with Gasteiger partial charge in [0.15, 0.2) is 0 Å². The van der Waals surface area contributed by atoms with Crippen LogP contribution in [0.25, 0.3) is 0 Å². The zero-order valence-electron chi connectivity index (χ0n) is 8.16. The Hall–Kier alpha value is -1.08. The lowest BCUT2D eigenvalue weighted by molar-refractivity contribution is 0.730. The van der Waals surface area contributed by atoms with Gasteiger partial charge in [-0.15, -0.1) is 6.58 Å². The molecule has 70 valence electrons. The zero-order valence-corrected chi connectivity index (χ0v) is 8.16. The van der Waals surface area contributed by atoms with E-state index in [0.717, 1.165) is 12.8 Å². The van der Waals surface area contributed by atoms with Crippen molar-refractivity contribution in [3.63, 3.8) is 0 Å². The highest BCUT2D eigenvalue weighted by atomic mass is 14.6. The fraction of sp³-hybridized carbons (Fsp3) is 0.333. The molecule has 0 saturated heterocycles. The van der Waals surface area contributed by atoms with E-state index in [9.17, 15) is 0 Å². The normalized spacial score (nSPS) is 12.5. The smallest absolute Gasteiger partial charge is 0.0332 e. The standard InChI is InChI=1S/C12H17N/c1-3-7-12(13)11-9-6-5-8-10(11)4-2/h3,5-6,8-9,12H,1,4,7,13H2,2H3/t12-/m1/s1. The van der Waals surface area contributed by atoms with Gasteiger partial charge >= 0.3 is 0 Å². The van der Waals surface area contributed by atoms with Crippen molar-refractivity contribution in [1.82, 2.24) is 0 Å². The third-order valence-electron chi connectivity index (χ3n) is 2.26. The predicted octanol–water partition coefficient (Wildman–Crippen LogP) is 2.82. The van der Waals surface area contributed by atoms with Crippen LogP contribution in [0.1, 0.15) is 30.5 Å². The number of nitrogens with two attached hydrogens (primary N) is 1. The van der Waals surface area contributed by atoms with E-state index in [2.05, 4.69) is 31.7 Å². The second kappa shape index (κ2) is 4.83. The minimum absolute atomic E-state index is 0.105. The SMILES string of the molecule is C=CC[C@@H](N)c1ccccc1CC. The fourth-order valence-electron chi connectivity index (χ4n) is 1.52. The molecular weight excluding hydrogens is 158 g/mol. The summed E-state index contributed by atoms with van der Waals surface area (Å²) < 4.78 is 0. The predicted molar refractivity (Wildman–Crippen MR) is 57.6 cm³/mol. The Morgan fingerprint density at radius 1 is 1.46 bits per heavy atom. The second-order valence-electron chi connectivity index (χ2n) is 3.18. The van der Waals surface area contributed by atoms with Crippen molar-refractivity contribution < 1.29 is 0 Å². The first-order chi connectivity index (χ1) is 6.29. The van der Waals surface area contributed by atoms with Crippen LogP contribution in [0, 0.1) is 0 Å². The summed E-state index contributed by atoms with van der Waals surface area (Å²) in [5.41, 5.74) is 8.61. The molecule has 1 atom stereocenters. The van der Waals surface area contributed by atoms with Crippen LogP contribution in [-0.2, 0) is 6.42 Å². The molecule has 1 aromatic carbocycles. The van der Waals surface area contributed by atoms with Gasteiger partial charge in [0.05, 0.1) is 0 Å². The van der Waals surface area contributed by atoms with Crippen molar-refractivity contribution in [2.24, 2.45) is 5.73 Å². The highest BCUT2D eigenvalue weighted by molar-refractivity contribution is 5.30. The molecule has 0 heterocycles. The molecule has 13 heavy (non-hydrogen) atoms. The minimum Gasteiger partial charge on any atom is -0.324 e. The van der Waals surface area contributed by atoms with Gasteiger partial charge in [0.25, 0.3) is 0 Å². The summed E-state index contributed by atoms with van der Waals surface area (Å²) in [5.74, 6) is 0. The average molecular weight is 175 g/mol. The van der Waals surface area contributed by atoms with Crippen LogP contribution in [0.4, 0.5) is 0 Å². The Labute approximate surface area is 80.3 Å². The van der Waals surface area contributed by atoms with Crippen molar-refractivity contribution in [3.8, 4) is 0 Å². The van der Waals surface area contributed by atoms with Crippen molar-refractivity contribution in [1.29, 1.82) is 0 Å². The summed E-state index contributed by atoms with van der Waals surface area (Å²) >= 11 is 0. The van der Waals surface area contributed by atoms with Crippen LogP contribution in [0.5, 0.6) is 0 Å². The van der Waals surface area contributed by atoms with Gasteiger partial charge in [-0.2, -0.15) is 0 Å². The van der Waals surface area contributed by atoms with Crippen molar-refractivity contribution in [2.75, 3.05) is 0 Å². The first-order valence-corrected chi connectivity index (χ1v) is 4.73. The van der Waals surface area contributed by atoms with Crippen LogP contribution in [-0.4, -0.2) is 0 Å². The number of aryl methyl sites for hydroxylation is 1. The molecule has 0 aliphatic heterocycles. The summed E-state index contributed by atoms with van der Waals surface area (Å²) in [6, 6.07) is 8.44. The van der Waals surface area contributed by atoms with Crippen LogP contribution in [0.3, 0.4) is 0 Å². The van der Waals surface area contributed by atoms with Gasteiger partial charge < -0.3 is 5.73 Å². The zero-order chi connectivity index (χ0) is 9.68. The molecule has 0 unspecified atom stereocenters.